The van der Waals surface area contributed by atoms with Crippen LogP contribution in [0.15, 0.2) is 21.7 Å². The molecule has 1 aromatic rings. The lowest BCUT2D eigenvalue weighted by Crippen LogP contribution is -2.55. The molecule has 1 heterocycles. The largest absolute Gasteiger partial charge is 0.464 e. The van der Waals surface area contributed by atoms with Gasteiger partial charge in [-0.15, -0.1) is 11.3 Å². The molecule has 0 unspecified atom stereocenters. The van der Waals surface area contributed by atoms with Gasteiger partial charge in [-0.25, -0.2) is 17.9 Å². The molecule has 1 aromatic heterocycles. The van der Waals surface area contributed by atoms with Gasteiger partial charge in [0.1, 0.15) is 9.75 Å². The zero-order valence-corrected chi connectivity index (χ0v) is 14.5. The summed E-state index contributed by atoms with van der Waals surface area (Å²) in [7, 11) is -3.70. The van der Waals surface area contributed by atoms with E-state index in [4.69, 9.17) is 4.74 Å². The number of carbonyl (C=O) groups excluding carboxylic acids is 2. The first kappa shape index (κ1) is 17.9. The van der Waals surface area contributed by atoms with E-state index < -0.39 is 34.0 Å². The van der Waals surface area contributed by atoms with Gasteiger partial charge in [0.25, 0.3) is 10.0 Å². The third-order valence-corrected chi connectivity index (χ3v) is 6.48. The lowest BCUT2D eigenvalue weighted by molar-refractivity contribution is -0.153. The van der Waals surface area contributed by atoms with Gasteiger partial charge in [0, 0.05) is 0 Å². The van der Waals surface area contributed by atoms with Gasteiger partial charge in [-0.2, -0.15) is 0 Å². The molecule has 0 spiro atoms. The van der Waals surface area contributed by atoms with Crippen LogP contribution in [0, 0.1) is 0 Å². The van der Waals surface area contributed by atoms with Crippen LogP contribution in [0.25, 0.3) is 0 Å². The van der Waals surface area contributed by atoms with Crippen LogP contribution in [0.3, 0.4) is 0 Å². The van der Waals surface area contributed by atoms with E-state index in [-0.39, 0.29) is 10.8 Å². The van der Waals surface area contributed by atoms with E-state index in [1.54, 1.807) is 18.4 Å². The number of hydrogen-bond donors (Lipinski definition) is 2. The number of carbonyl (C=O) groups is 2. The molecule has 2 N–H and O–H groups in total. The average molecular weight is 360 g/mol. The van der Waals surface area contributed by atoms with Crippen molar-refractivity contribution in [2.24, 2.45) is 0 Å². The Bertz CT molecular complexity index is 649. The van der Waals surface area contributed by atoms with Crippen LogP contribution in [0.5, 0.6) is 0 Å². The molecular formula is C14H20N2O5S2. The number of thiophene rings is 1. The number of hydrogen-bond acceptors (Lipinski definition) is 6. The third kappa shape index (κ3) is 4.30. The van der Waals surface area contributed by atoms with E-state index >= 15 is 0 Å². The van der Waals surface area contributed by atoms with Crippen LogP contribution >= 0.6 is 11.3 Å². The fourth-order valence-corrected chi connectivity index (χ4v) is 4.61. The highest BCUT2D eigenvalue weighted by atomic mass is 32.2. The predicted molar refractivity (Wildman–Crippen MR) is 85.5 cm³/mol. The molecule has 0 bridgehead atoms. The van der Waals surface area contributed by atoms with Crippen molar-refractivity contribution in [2.75, 3.05) is 13.2 Å². The van der Waals surface area contributed by atoms with Gasteiger partial charge >= 0.3 is 5.97 Å². The second-order valence-corrected chi connectivity index (χ2v) is 8.26. The number of ether oxygens (including phenoxy) is 1. The fourth-order valence-electron chi connectivity index (χ4n) is 2.59. The highest BCUT2D eigenvalue weighted by molar-refractivity contribution is 7.91. The van der Waals surface area contributed by atoms with Gasteiger partial charge in [-0.1, -0.05) is 18.9 Å². The molecule has 0 aromatic carbocycles. The van der Waals surface area contributed by atoms with E-state index in [1.165, 1.54) is 6.07 Å². The van der Waals surface area contributed by atoms with Crippen LogP contribution in [0.1, 0.15) is 32.6 Å². The summed E-state index contributed by atoms with van der Waals surface area (Å²) in [6.07, 6.45) is 2.66. The van der Waals surface area contributed by atoms with E-state index in [0.29, 0.717) is 12.8 Å². The standard InChI is InChI=1S/C14H20N2O5S2/c1-2-21-13(18)14(7-3-4-8-14)16-11(17)10-15-23(19,20)12-6-5-9-22-12/h5-6,9,15H,2-4,7-8,10H2,1H3,(H,16,17). The van der Waals surface area contributed by atoms with Gasteiger partial charge in [0.15, 0.2) is 0 Å². The SMILES string of the molecule is CCOC(=O)C1(NC(=O)CNS(=O)(=O)c2cccs2)CCCC1. The fraction of sp³-hybridized carbons (Fsp3) is 0.571. The van der Waals surface area contributed by atoms with E-state index in [9.17, 15) is 18.0 Å². The van der Waals surface area contributed by atoms with Gasteiger partial charge in [0.05, 0.1) is 13.2 Å². The maximum absolute atomic E-state index is 12.1. The highest BCUT2D eigenvalue weighted by Gasteiger charge is 2.43. The van der Waals surface area contributed by atoms with Crippen molar-refractivity contribution >= 4 is 33.2 Å². The lowest BCUT2D eigenvalue weighted by atomic mass is 9.97. The zero-order chi connectivity index (χ0) is 16.9. The molecule has 1 fully saturated rings. The molecule has 1 aliphatic carbocycles. The average Bonchev–Trinajstić information content (AvgIpc) is 3.18. The maximum atomic E-state index is 12.1. The Morgan fingerprint density at radius 3 is 2.61 bits per heavy atom. The van der Waals surface area contributed by atoms with Crippen LogP contribution in [0.4, 0.5) is 0 Å². The van der Waals surface area contributed by atoms with Crippen LogP contribution in [0.2, 0.25) is 0 Å². The molecular weight excluding hydrogens is 340 g/mol. The first-order valence-electron chi connectivity index (χ1n) is 7.41. The van der Waals surface area contributed by atoms with Crippen molar-refractivity contribution in [3.05, 3.63) is 17.5 Å². The molecule has 23 heavy (non-hydrogen) atoms. The van der Waals surface area contributed by atoms with E-state index in [0.717, 1.165) is 24.2 Å². The molecule has 1 aliphatic rings. The number of esters is 1. The first-order chi connectivity index (χ1) is 10.9. The summed E-state index contributed by atoms with van der Waals surface area (Å²) in [5, 5.41) is 4.30. The normalized spacial score (nSPS) is 16.9. The number of amides is 1. The maximum Gasteiger partial charge on any atom is 0.331 e. The second kappa shape index (κ2) is 7.41. The van der Waals surface area contributed by atoms with Gasteiger partial charge in [-0.05, 0) is 31.2 Å². The van der Waals surface area contributed by atoms with Gasteiger partial charge in [-0.3, -0.25) is 4.79 Å². The van der Waals surface area contributed by atoms with Crippen molar-refractivity contribution in [3.63, 3.8) is 0 Å². The minimum atomic E-state index is -3.70. The lowest BCUT2D eigenvalue weighted by Gasteiger charge is -2.27. The van der Waals surface area contributed by atoms with Crippen LogP contribution < -0.4 is 10.0 Å². The van der Waals surface area contributed by atoms with Gasteiger partial charge in [0.2, 0.25) is 5.91 Å². The smallest absolute Gasteiger partial charge is 0.331 e. The topological polar surface area (TPSA) is 102 Å². The summed E-state index contributed by atoms with van der Waals surface area (Å²) < 4.78 is 31.4. The van der Waals surface area contributed by atoms with Crippen molar-refractivity contribution in [3.8, 4) is 0 Å². The molecule has 0 saturated heterocycles. The minimum absolute atomic E-state index is 0.145. The Balaban J connectivity index is 1.96. The predicted octanol–water partition coefficient (Wildman–Crippen LogP) is 1.02. The summed E-state index contributed by atoms with van der Waals surface area (Å²) >= 11 is 1.07. The Morgan fingerprint density at radius 2 is 2.04 bits per heavy atom. The Hall–Kier alpha value is -1.45. The van der Waals surface area contributed by atoms with Crippen molar-refractivity contribution in [1.29, 1.82) is 0 Å². The van der Waals surface area contributed by atoms with Gasteiger partial charge < -0.3 is 10.1 Å². The summed E-state index contributed by atoms with van der Waals surface area (Å²) in [5.74, 6) is -0.993. The Kier molecular flexibility index (Phi) is 5.77. The summed E-state index contributed by atoms with van der Waals surface area (Å²) in [4.78, 5) is 24.2. The van der Waals surface area contributed by atoms with E-state index in [2.05, 4.69) is 10.0 Å². The number of rotatable bonds is 7. The quantitative estimate of drug-likeness (QED) is 0.707. The molecule has 0 radical (unpaired) electrons. The summed E-state index contributed by atoms with van der Waals surface area (Å²) in [6.45, 7) is 1.53. The van der Waals surface area contributed by atoms with Crippen LogP contribution in [-0.2, 0) is 24.3 Å². The molecule has 2 rings (SSSR count). The second-order valence-electron chi connectivity index (χ2n) is 5.31. The molecule has 128 valence electrons. The summed E-state index contributed by atoms with van der Waals surface area (Å²) in [5.41, 5.74) is -1.03. The number of sulfonamides is 1. The summed E-state index contributed by atoms with van der Waals surface area (Å²) in [6, 6.07) is 3.08. The molecule has 1 amide bonds. The van der Waals surface area contributed by atoms with Crippen molar-refractivity contribution in [1.82, 2.24) is 10.0 Å². The Morgan fingerprint density at radius 1 is 1.35 bits per heavy atom. The molecule has 0 aliphatic heterocycles. The van der Waals surface area contributed by atoms with Crippen LogP contribution in [-0.4, -0.2) is 39.0 Å². The van der Waals surface area contributed by atoms with Crippen molar-refractivity contribution in [2.45, 2.75) is 42.4 Å². The first-order valence-corrected chi connectivity index (χ1v) is 9.77. The van der Waals surface area contributed by atoms with Crippen molar-refractivity contribution < 1.29 is 22.7 Å². The number of nitrogens with one attached hydrogen (secondary N) is 2. The third-order valence-electron chi connectivity index (χ3n) is 3.68. The van der Waals surface area contributed by atoms with E-state index in [1.807, 2.05) is 0 Å². The zero-order valence-electron chi connectivity index (χ0n) is 12.8. The Labute approximate surface area is 139 Å². The molecule has 1 saturated carbocycles. The molecule has 9 heteroatoms. The molecule has 0 atom stereocenters. The highest BCUT2D eigenvalue weighted by Crippen LogP contribution is 2.30. The molecule has 7 nitrogen and oxygen atoms in total. The monoisotopic (exact) mass is 360 g/mol. The minimum Gasteiger partial charge on any atom is -0.464 e.